The fourth-order valence-electron chi connectivity index (χ4n) is 8.66. The van der Waals surface area contributed by atoms with Crippen molar-refractivity contribution < 1.29 is 4.42 Å². The molecule has 0 aliphatic heterocycles. The van der Waals surface area contributed by atoms with Gasteiger partial charge in [0, 0.05) is 27.5 Å². The van der Waals surface area contributed by atoms with E-state index in [1.807, 2.05) is 0 Å². The monoisotopic (exact) mass is 765 g/mol. The molecule has 11 aromatic rings. The first kappa shape index (κ1) is 35.2. The van der Waals surface area contributed by atoms with Crippen LogP contribution in [0.5, 0.6) is 0 Å². The number of fused-ring (bicyclic) bond motifs is 5. The molecule has 2 nitrogen and oxygen atoms in total. The molecule has 0 aliphatic carbocycles. The number of furan rings is 1. The van der Waals surface area contributed by atoms with Crippen molar-refractivity contribution >= 4 is 49.8 Å². The van der Waals surface area contributed by atoms with Gasteiger partial charge < -0.3 is 9.32 Å². The summed E-state index contributed by atoms with van der Waals surface area (Å²) in [5.41, 5.74) is 16.6. The fraction of sp³-hybridized carbons (Fsp3) is 0. The Balaban J connectivity index is 1.08. The van der Waals surface area contributed by atoms with Crippen LogP contribution < -0.4 is 4.90 Å². The Bertz CT molecular complexity index is 3180. The lowest BCUT2D eigenvalue weighted by molar-refractivity contribution is 0.673. The summed E-state index contributed by atoms with van der Waals surface area (Å²) in [5.74, 6) is 0. The average molecular weight is 766 g/mol. The zero-order valence-electron chi connectivity index (χ0n) is 32.9. The third-order valence-electron chi connectivity index (χ3n) is 11.7. The first-order valence-electron chi connectivity index (χ1n) is 20.5. The summed E-state index contributed by atoms with van der Waals surface area (Å²) in [6.07, 6.45) is 0. The second kappa shape index (κ2) is 15.1. The number of nitrogens with zero attached hydrogens (tertiary/aromatic N) is 1. The van der Waals surface area contributed by atoms with Gasteiger partial charge in [-0.25, -0.2) is 0 Å². The Kier molecular flexibility index (Phi) is 8.87. The Morgan fingerprint density at radius 1 is 0.283 bits per heavy atom. The van der Waals surface area contributed by atoms with Gasteiger partial charge in [-0.15, -0.1) is 0 Å². The summed E-state index contributed by atoms with van der Waals surface area (Å²) < 4.78 is 7.18. The largest absolute Gasteiger partial charge is 0.453 e. The lowest BCUT2D eigenvalue weighted by atomic mass is 9.94. The van der Waals surface area contributed by atoms with Crippen molar-refractivity contribution in [2.75, 3.05) is 4.90 Å². The average Bonchev–Trinajstić information content (AvgIpc) is 3.74. The van der Waals surface area contributed by atoms with Crippen molar-refractivity contribution in [1.29, 1.82) is 0 Å². The minimum atomic E-state index is 0.845. The first-order chi connectivity index (χ1) is 29.7. The molecule has 1 aromatic heterocycles. The van der Waals surface area contributed by atoms with E-state index in [4.69, 9.17) is 4.42 Å². The van der Waals surface area contributed by atoms with Crippen molar-refractivity contribution in [2.24, 2.45) is 0 Å². The van der Waals surface area contributed by atoms with Crippen LogP contribution in [0.2, 0.25) is 0 Å². The molecule has 0 saturated carbocycles. The van der Waals surface area contributed by atoms with Crippen molar-refractivity contribution in [1.82, 2.24) is 0 Å². The molecular formula is C58H39NO. The molecule has 0 fully saturated rings. The predicted molar refractivity (Wildman–Crippen MR) is 253 cm³/mol. The van der Waals surface area contributed by atoms with Gasteiger partial charge in [0.1, 0.15) is 5.58 Å². The summed E-state index contributed by atoms with van der Waals surface area (Å²) in [6.45, 7) is 0. The number of rotatable bonds is 8. The van der Waals surface area contributed by atoms with E-state index in [1.54, 1.807) is 0 Å². The number of hydrogen-bond donors (Lipinski definition) is 0. The van der Waals surface area contributed by atoms with Gasteiger partial charge >= 0.3 is 0 Å². The molecule has 0 bridgehead atoms. The summed E-state index contributed by atoms with van der Waals surface area (Å²) in [6, 6.07) is 84.6. The fourth-order valence-corrected chi connectivity index (χ4v) is 8.66. The molecule has 0 atom stereocenters. The Morgan fingerprint density at radius 3 is 1.32 bits per heavy atom. The number of hydrogen-bond acceptors (Lipinski definition) is 2. The van der Waals surface area contributed by atoms with E-state index in [0.717, 1.165) is 60.9 Å². The van der Waals surface area contributed by atoms with Gasteiger partial charge in [-0.2, -0.15) is 0 Å². The minimum Gasteiger partial charge on any atom is -0.453 e. The number of anilines is 3. The van der Waals surface area contributed by atoms with Gasteiger partial charge in [0.25, 0.3) is 0 Å². The molecule has 10 aromatic carbocycles. The molecule has 0 N–H and O–H groups in total. The zero-order chi connectivity index (χ0) is 39.8. The second-order valence-electron chi connectivity index (χ2n) is 15.3. The highest BCUT2D eigenvalue weighted by Gasteiger charge is 2.23. The first-order valence-corrected chi connectivity index (χ1v) is 20.5. The van der Waals surface area contributed by atoms with Crippen molar-refractivity contribution in [2.45, 2.75) is 0 Å². The minimum absolute atomic E-state index is 0.845. The van der Waals surface area contributed by atoms with E-state index in [9.17, 15) is 0 Å². The van der Waals surface area contributed by atoms with Crippen molar-refractivity contribution in [3.63, 3.8) is 0 Å². The van der Waals surface area contributed by atoms with Crippen LogP contribution in [0.25, 0.3) is 88.3 Å². The van der Waals surface area contributed by atoms with Crippen molar-refractivity contribution in [3.05, 3.63) is 237 Å². The van der Waals surface area contributed by atoms with Gasteiger partial charge in [-0.3, -0.25) is 0 Å². The van der Waals surface area contributed by atoms with Crippen LogP contribution in [0, 0.1) is 0 Å². The van der Waals surface area contributed by atoms with Crippen LogP contribution in [-0.2, 0) is 0 Å². The maximum Gasteiger partial charge on any atom is 0.160 e. The zero-order valence-corrected chi connectivity index (χ0v) is 32.9. The lowest BCUT2D eigenvalue weighted by Gasteiger charge is -2.26. The normalized spacial score (nSPS) is 11.3. The van der Waals surface area contributed by atoms with E-state index in [1.165, 1.54) is 44.5 Å². The van der Waals surface area contributed by atoms with Gasteiger partial charge in [0.15, 0.2) is 5.58 Å². The van der Waals surface area contributed by atoms with Crippen LogP contribution in [0.3, 0.4) is 0 Å². The van der Waals surface area contributed by atoms with Crippen LogP contribution >= 0.6 is 0 Å². The van der Waals surface area contributed by atoms with Gasteiger partial charge in [-0.1, -0.05) is 194 Å². The SMILES string of the molecule is c1ccc(-c2ccc(N(c3ccc(-c4ccccc4)cc3)c3ccc(-c4ccc(-c5cccc(-c6ccccc6)c5)cc4)c4c3oc3c5ccccc5ccc34)cc2)cc1. The number of benzene rings is 10. The van der Waals surface area contributed by atoms with Gasteiger partial charge in [-0.05, 0) is 103 Å². The third-order valence-corrected chi connectivity index (χ3v) is 11.7. The van der Waals surface area contributed by atoms with E-state index >= 15 is 0 Å². The highest BCUT2D eigenvalue weighted by molar-refractivity contribution is 6.21. The quantitative estimate of drug-likeness (QED) is 0.153. The van der Waals surface area contributed by atoms with E-state index in [2.05, 4.69) is 241 Å². The Labute approximate surface area is 349 Å². The van der Waals surface area contributed by atoms with Crippen LogP contribution in [-0.4, -0.2) is 0 Å². The van der Waals surface area contributed by atoms with E-state index in [-0.39, 0.29) is 0 Å². The van der Waals surface area contributed by atoms with Crippen LogP contribution in [0.15, 0.2) is 241 Å². The summed E-state index contributed by atoms with van der Waals surface area (Å²) in [7, 11) is 0. The predicted octanol–water partition coefficient (Wildman–Crippen LogP) is 16.5. The van der Waals surface area contributed by atoms with E-state index < -0.39 is 0 Å². The standard InChI is InChI=1S/C58H39NO/c1-4-13-40(14-5-1)43-27-32-50(33-28-43)59(51-34-29-44(30-35-51)41-15-6-2-7-16-41)55-38-37-52(56-54-36-31-46-19-10-11-22-53(46)57(54)60-58(55)56)47-25-23-45(24-26-47)49-21-12-20-48(39-49)42-17-8-3-9-18-42/h1-39H. The molecule has 2 heteroatoms. The third kappa shape index (κ3) is 6.41. The molecule has 0 saturated heterocycles. The Morgan fingerprint density at radius 2 is 0.733 bits per heavy atom. The topological polar surface area (TPSA) is 16.4 Å². The molecule has 0 unspecified atom stereocenters. The molecule has 0 radical (unpaired) electrons. The van der Waals surface area contributed by atoms with Gasteiger partial charge in [0.05, 0.1) is 5.69 Å². The molecular weight excluding hydrogens is 727 g/mol. The van der Waals surface area contributed by atoms with Crippen molar-refractivity contribution in [3.8, 4) is 55.6 Å². The molecule has 0 aliphatic rings. The van der Waals surface area contributed by atoms with Crippen LogP contribution in [0.1, 0.15) is 0 Å². The molecule has 1 heterocycles. The smallest absolute Gasteiger partial charge is 0.160 e. The highest BCUT2D eigenvalue weighted by Crippen LogP contribution is 2.47. The molecule has 0 spiro atoms. The maximum atomic E-state index is 7.18. The highest BCUT2D eigenvalue weighted by atomic mass is 16.3. The van der Waals surface area contributed by atoms with E-state index in [0.29, 0.717) is 0 Å². The molecule has 0 amide bonds. The molecule has 11 rings (SSSR count). The van der Waals surface area contributed by atoms with Gasteiger partial charge in [0.2, 0.25) is 0 Å². The molecule has 282 valence electrons. The van der Waals surface area contributed by atoms with Crippen LogP contribution in [0.4, 0.5) is 17.1 Å². The summed E-state index contributed by atoms with van der Waals surface area (Å²) >= 11 is 0. The second-order valence-corrected chi connectivity index (χ2v) is 15.3. The lowest BCUT2D eigenvalue weighted by Crippen LogP contribution is -2.10. The summed E-state index contributed by atoms with van der Waals surface area (Å²) in [4.78, 5) is 2.34. The summed E-state index contributed by atoms with van der Waals surface area (Å²) in [5, 5.41) is 4.44. The Hall–Kier alpha value is -7.94. The maximum absolute atomic E-state index is 7.18. The molecule has 60 heavy (non-hydrogen) atoms.